The minimum atomic E-state index is -0.279. The number of unbranched alkanes of at least 4 members (excludes halogenated alkanes) is 2. The third-order valence-corrected chi connectivity index (χ3v) is 4.17. The Bertz CT molecular complexity index is 384. The number of carbonyl (C=O) groups is 1. The van der Waals surface area contributed by atoms with E-state index in [4.69, 9.17) is 37.9 Å². The maximum Gasteiger partial charge on any atom is 0.307 e. The van der Waals surface area contributed by atoms with E-state index in [-0.39, 0.29) is 12.4 Å². The lowest BCUT2D eigenvalue weighted by molar-refractivity contribution is -0.141. The smallest absolute Gasteiger partial charge is 0.307 e. The maximum absolute atomic E-state index is 10.9. The highest BCUT2D eigenvalue weighted by Gasteiger charge is 1.99. The van der Waals surface area contributed by atoms with E-state index >= 15 is 0 Å². The molecule has 0 spiro atoms. The second kappa shape index (κ2) is 29.2. The van der Waals surface area contributed by atoms with Gasteiger partial charge in [-0.1, -0.05) is 19.8 Å². The average Bonchev–Trinajstić information content (AvgIpc) is 2.83. The van der Waals surface area contributed by atoms with Crippen LogP contribution in [0, 0.1) is 0 Å². The van der Waals surface area contributed by atoms with Crippen LogP contribution in [0.3, 0.4) is 0 Å². The Hall–Kier alpha value is -0.850. The third-order valence-electron chi connectivity index (χ3n) is 4.17. The van der Waals surface area contributed by atoms with E-state index < -0.39 is 0 Å². The third kappa shape index (κ3) is 29.1. The van der Waals surface area contributed by atoms with Gasteiger partial charge in [0.1, 0.15) is 0 Å². The Kier molecular flexibility index (Phi) is 28.4. The van der Waals surface area contributed by atoms with Gasteiger partial charge >= 0.3 is 5.97 Å². The molecule has 10 heteroatoms. The van der Waals surface area contributed by atoms with Crippen LogP contribution in [0.5, 0.6) is 0 Å². The van der Waals surface area contributed by atoms with E-state index in [1.165, 1.54) is 20.0 Å². The molecule has 0 aromatic carbocycles. The topological polar surface area (TPSA) is 100 Å². The Morgan fingerprint density at radius 1 is 0.455 bits per heavy atom. The summed E-state index contributed by atoms with van der Waals surface area (Å²) in [7, 11) is 1.36. The molecule has 0 bridgehead atoms. The summed E-state index contributed by atoms with van der Waals surface area (Å²) in [6, 6.07) is 0. The van der Waals surface area contributed by atoms with Crippen LogP contribution in [0.1, 0.15) is 32.6 Å². The summed E-state index contributed by atoms with van der Waals surface area (Å²) in [5.74, 6) is -0.279. The van der Waals surface area contributed by atoms with Gasteiger partial charge < -0.3 is 42.6 Å². The van der Waals surface area contributed by atoms with Gasteiger partial charge in [0.05, 0.1) is 113 Å². The molecule has 0 amide bonds. The van der Waals surface area contributed by atoms with Crippen LogP contribution >= 0.6 is 0 Å². The highest BCUT2D eigenvalue weighted by atomic mass is 16.6. The van der Waals surface area contributed by atoms with E-state index in [9.17, 15) is 4.79 Å². The molecule has 33 heavy (non-hydrogen) atoms. The average molecular weight is 483 g/mol. The molecule has 0 saturated carbocycles. The van der Waals surface area contributed by atoms with Gasteiger partial charge in [-0.15, -0.1) is 0 Å². The van der Waals surface area contributed by atoms with Crippen LogP contribution in [0.2, 0.25) is 0 Å². The minimum absolute atomic E-state index is 0.254. The van der Waals surface area contributed by atoms with Crippen molar-refractivity contribution in [1.29, 1.82) is 0 Å². The molecule has 0 aromatic heterocycles. The summed E-state index contributed by atoms with van der Waals surface area (Å²) in [5.41, 5.74) is 0. The molecular formula is C23H46O10. The fourth-order valence-electron chi connectivity index (χ4n) is 2.35. The lowest BCUT2D eigenvalue weighted by Crippen LogP contribution is -2.15. The minimum Gasteiger partial charge on any atom is -0.469 e. The van der Waals surface area contributed by atoms with Crippen molar-refractivity contribution in [3.05, 3.63) is 0 Å². The molecule has 0 rings (SSSR count). The fourth-order valence-corrected chi connectivity index (χ4v) is 2.35. The monoisotopic (exact) mass is 482 g/mol. The van der Waals surface area contributed by atoms with Crippen LogP contribution in [0.25, 0.3) is 0 Å². The van der Waals surface area contributed by atoms with Crippen molar-refractivity contribution in [2.24, 2.45) is 0 Å². The molecule has 0 fully saturated rings. The summed E-state index contributed by atoms with van der Waals surface area (Å²) in [5, 5.41) is 0. The summed E-state index contributed by atoms with van der Waals surface area (Å²) in [6.45, 7) is 10.7. The van der Waals surface area contributed by atoms with Crippen molar-refractivity contribution in [3.63, 3.8) is 0 Å². The van der Waals surface area contributed by atoms with Crippen molar-refractivity contribution in [3.8, 4) is 0 Å². The van der Waals surface area contributed by atoms with Gasteiger partial charge in [-0.25, -0.2) is 0 Å². The van der Waals surface area contributed by atoms with E-state index in [2.05, 4.69) is 11.7 Å². The number of ether oxygens (including phenoxy) is 9. The maximum atomic E-state index is 10.9. The number of hydrogen-bond acceptors (Lipinski definition) is 10. The predicted octanol–water partition coefficient (Wildman–Crippen LogP) is 1.87. The number of hydrogen-bond donors (Lipinski definition) is 0. The summed E-state index contributed by atoms with van der Waals surface area (Å²) in [6.07, 6.45) is 3.80. The summed E-state index contributed by atoms with van der Waals surface area (Å²) in [4.78, 5) is 10.9. The van der Waals surface area contributed by atoms with Crippen LogP contribution < -0.4 is 0 Å². The van der Waals surface area contributed by atoms with Crippen molar-refractivity contribution >= 4 is 5.97 Å². The first kappa shape index (κ1) is 32.1. The zero-order valence-electron chi connectivity index (χ0n) is 20.7. The van der Waals surface area contributed by atoms with Crippen molar-refractivity contribution < 1.29 is 47.4 Å². The van der Waals surface area contributed by atoms with E-state index in [1.807, 2.05) is 0 Å². The summed E-state index contributed by atoms with van der Waals surface area (Å²) < 4.78 is 47.7. The quantitative estimate of drug-likeness (QED) is 0.121. The molecule has 0 saturated heterocycles. The van der Waals surface area contributed by atoms with Crippen LogP contribution in [-0.4, -0.2) is 119 Å². The first-order valence-corrected chi connectivity index (χ1v) is 12.0. The largest absolute Gasteiger partial charge is 0.469 e. The lowest BCUT2D eigenvalue weighted by Gasteiger charge is -2.08. The van der Waals surface area contributed by atoms with Crippen LogP contribution in [0.4, 0.5) is 0 Å². The van der Waals surface area contributed by atoms with Gasteiger partial charge in [-0.05, 0) is 6.42 Å². The Labute approximate surface area is 199 Å². The van der Waals surface area contributed by atoms with Crippen molar-refractivity contribution in [2.75, 3.05) is 113 Å². The van der Waals surface area contributed by atoms with Gasteiger partial charge in [0.25, 0.3) is 0 Å². The van der Waals surface area contributed by atoms with Crippen molar-refractivity contribution in [1.82, 2.24) is 0 Å². The number of methoxy groups -OCH3 is 1. The molecule has 0 aliphatic heterocycles. The van der Waals surface area contributed by atoms with Gasteiger partial charge in [-0.3, -0.25) is 4.79 Å². The molecule has 0 aromatic rings. The van der Waals surface area contributed by atoms with Crippen LogP contribution in [-0.2, 0) is 47.4 Å². The van der Waals surface area contributed by atoms with E-state index in [0.717, 1.165) is 13.0 Å². The highest BCUT2D eigenvalue weighted by molar-refractivity contribution is 5.69. The van der Waals surface area contributed by atoms with Crippen molar-refractivity contribution in [2.45, 2.75) is 32.6 Å². The highest BCUT2D eigenvalue weighted by Crippen LogP contribution is 1.94. The summed E-state index contributed by atoms with van der Waals surface area (Å²) >= 11 is 0. The Balaban J connectivity index is 3.02. The fraction of sp³-hybridized carbons (Fsp3) is 0.957. The number of rotatable bonds is 28. The Morgan fingerprint density at radius 3 is 1.06 bits per heavy atom. The van der Waals surface area contributed by atoms with Gasteiger partial charge in [0.2, 0.25) is 0 Å². The normalized spacial score (nSPS) is 11.2. The second-order valence-electron chi connectivity index (χ2n) is 6.93. The lowest BCUT2D eigenvalue weighted by atomic mass is 10.3. The molecular weight excluding hydrogens is 436 g/mol. The first-order valence-electron chi connectivity index (χ1n) is 12.0. The number of carbonyl (C=O) groups excluding carboxylic acids is 1. The molecule has 0 radical (unpaired) electrons. The first-order chi connectivity index (χ1) is 16.3. The van der Waals surface area contributed by atoms with Crippen LogP contribution in [0.15, 0.2) is 0 Å². The standard InChI is InChI=1S/C23H46O10/c1-3-4-5-7-26-9-11-28-13-15-30-17-19-32-21-22-33-20-18-31-16-14-29-12-10-27-8-6-23(24)25-2/h3-22H2,1-2H3. The SMILES string of the molecule is CCCCCOCCOCCOCCOCCOCCOCCOCCOCCC(=O)OC. The molecule has 0 atom stereocenters. The van der Waals surface area contributed by atoms with Gasteiger partial charge in [0, 0.05) is 6.61 Å². The molecule has 0 unspecified atom stereocenters. The molecule has 10 nitrogen and oxygen atoms in total. The predicted molar refractivity (Wildman–Crippen MR) is 123 cm³/mol. The zero-order valence-corrected chi connectivity index (χ0v) is 20.7. The van der Waals surface area contributed by atoms with Gasteiger partial charge in [0.15, 0.2) is 0 Å². The van der Waals surface area contributed by atoms with E-state index in [1.54, 1.807) is 0 Å². The molecule has 0 aliphatic carbocycles. The Morgan fingerprint density at radius 2 is 0.758 bits per heavy atom. The number of esters is 1. The zero-order chi connectivity index (χ0) is 24.1. The molecule has 0 heterocycles. The van der Waals surface area contributed by atoms with Gasteiger partial charge in [-0.2, -0.15) is 0 Å². The molecule has 0 N–H and O–H groups in total. The molecule has 0 aliphatic rings. The van der Waals surface area contributed by atoms with E-state index in [0.29, 0.717) is 99.1 Å². The molecule has 198 valence electrons. The second-order valence-corrected chi connectivity index (χ2v) is 6.93.